The van der Waals surface area contributed by atoms with Crippen LogP contribution in [0.1, 0.15) is 37.4 Å². The van der Waals surface area contributed by atoms with Crippen LogP contribution in [0.4, 0.5) is 20.3 Å². The van der Waals surface area contributed by atoms with E-state index in [1.165, 1.54) is 6.07 Å². The van der Waals surface area contributed by atoms with Crippen LogP contribution in [0.15, 0.2) is 42.9 Å². The Kier molecular flexibility index (Phi) is 5.44. The van der Waals surface area contributed by atoms with Crippen molar-refractivity contribution in [3.05, 3.63) is 60.1 Å². The van der Waals surface area contributed by atoms with E-state index in [0.29, 0.717) is 17.5 Å². The van der Waals surface area contributed by atoms with Gasteiger partial charge in [0.25, 0.3) is 0 Å². The van der Waals surface area contributed by atoms with Crippen LogP contribution in [0.3, 0.4) is 0 Å². The summed E-state index contributed by atoms with van der Waals surface area (Å²) in [6, 6.07) is 5.17. The normalized spacial score (nSPS) is 16.0. The highest BCUT2D eigenvalue weighted by atomic mass is 19.1. The van der Waals surface area contributed by atoms with E-state index >= 15 is 0 Å². The number of aromatic nitrogens is 3. The molecular weight excluding hydrogens is 374 g/mol. The number of halogens is 2. The number of hydrogen-bond acceptors (Lipinski definition) is 5. The second kappa shape index (κ2) is 8.16. The summed E-state index contributed by atoms with van der Waals surface area (Å²) in [6.45, 7) is 3.73. The number of rotatable bonds is 5. The van der Waals surface area contributed by atoms with Crippen molar-refractivity contribution in [2.24, 2.45) is 0 Å². The molecule has 1 aliphatic rings. The Balaban J connectivity index is 1.56. The van der Waals surface area contributed by atoms with Gasteiger partial charge in [-0.25, -0.2) is 13.8 Å². The summed E-state index contributed by atoms with van der Waals surface area (Å²) in [5, 5.41) is 11.0. The number of nitrogens with two attached hydrogens (primary N) is 1. The summed E-state index contributed by atoms with van der Waals surface area (Å²) in [5.41, 5.74) is 8.60. The predicted octanol–water partition coefficient (Wildman–Crippen LogP) is 3.90. The smallest absolute Gasteiger partial charge is 0.146 e. The molecule has 3 aromatic rings. The highest BCUT2D eigenvalue weighted by Gasteiger charge is 2.17. The first kappa shape index (κ1) is 19.3. The molecule has 0 aliphatic carbocycles. The second-order valence-electron chi connectivity index (χ2n) is 7.38. The van der Waals surface area contributed by atoms with Crippen molar-refractivity contribution in [2.75, 3.05) is 24.1 Å². The topological polar surface area (TPSA) is 80.8 Å². The van der Waals surface area contributed by atoms with Crippen molar-refractivity contribution < 1.29 is 8.78 Å². The number of hydrogen-bond donors (Lipinski definition) is 3. The van der Waals surface area contributed by atoms with Gasteiger partial charge in [-0.3, -0.25) is 4.68 Å². The van der Waals surface area contributed by atoms with Gasteiger partial charge in [0.2, 0.25) is 0 Å². The molecule has 8 heteroatoms. The van der Waals surface area contributed by atoms with Gasteiger partial charge in [0.1, 0.15) is 17.5 Å². The van der Waals surface area contributed by atoms with Gasteiger partial charge in [0, 0.05) is 29.1 Å². The molecule has 1 saturated heterocycles. The molecule has 1 aliphatic heterocycles. The number of piperidine rings is 1. The van der Waals surface area contributed by atoms with Gasteiger partial charge in [-0.2, -0.15) is 5.10 Å². The molecule has 1 unspecified atom stereocenters. The van der Waals surface area contributed by atoms with E-state index < -0.39 is 17.7 Å². The average Bonchev–Trinajstić information content (AvgIpc) is 3.22. The fraction of sp³-hybridized carbons (Fsp3) is 0.333. The molecule has 0 amide bonds. The molecule has 0 saturated carbocycles. The van der Waals surface area contributed by atoms with Crippen molar-refractivity contribution in [1.82, 2.24) is 20.1 Å². The molecule has 0 radical (unpaired) electrons. The third-order valence-corrected chi connectivity index (χ3v) is 5.33. The van der Waals surface area contributed by atoms with Crippen molar-refractivity contribution >= 4 is 11.5 Å². The van der Waals surface area contributed by atoms with Crippen molar-refractivity contribution in [1.29, 1.82) is 0 Å². The van der Waals surface area contributed by atoms with Crippen molar-refractivity contribution in [2.45, 2.75) is 31.8 Å². The van der Waals surface area contributed by atoms with Crippen LogP contribution in [0.25, 0.3) is 11.1 Å². The van der Waals surface area contributed by atoms with Gasteiger partial charge >= 0.3 is 0 Å². The van der Waals surface area contributed by atoms with Crippen LogP contribution in [0.5, 0.6) is 0 Å². The Labute approximate surface area is 168 Å². The molecule has 4 rings (SSSR count). The van der Waals surface area contributed by atoms with Gasteiger partial charge in [0.05, 0.1) is 24.0 Å². The predicted molar refractivity (Wildman–Crippen MR) is 109 cm³/mol. The van der Waals surface area contributed by atoms with E-state index in [2.05, 4.69) is 20.7 Å². The van der Waals surface area contributed by atoms with Gasteiger partial charge in [-0.15, -0.1) is 0 Å². The number of pyridine rings is 1. The lowest BCUT2D eigenvalue weighted by atomic mass is 10.1. The minimum Gasteiger partial charge on any atom is -0.382 e. The number of benzene rings is 1. The molecule has 0 bridgehead atoms. The average molecular weight is 398 g/mol. The van der Waals surface area contributed by atoms with E-state index in [1.807, 2.05) is 23.1 Å². The lowest BCUT2D eigenvalue weighted by Gasteiger charge is -2.22. The molecule has 3 heterocycles. The maximum atomic E-state index is 14.1. The van der Waals surface area contributed by atoms with Crippen LogP contribution in [-0.4, -0.2) is 27.9 Å². The van der Waals surface area contributed by atoms with E-state index in [-0.39, 0.29) is 5.56 Å². The summed E-state index contributed by atoms with van der Waals surface area (Å²) in [6.07, 6.45) is 7.62. The third kappa shape index (κ3) is 4.22. The van der Waals surface area contributed by atoms with Crippen LogP contribution < -0.4 is 16.4 Å². The Bertz CT molecular complexity index is 997. The van der Waals surface area contributed by atoms with Crippen molar-refractivity contribution in [3.63, 3.8) is 0 Å². The van der Waals surface area contributed by atoms with E-state index in [4.69, 9.17) is 5.73 Å². The Morgan fingerprint density at radius 2 is 1.97 bits per heavy atom. The highest BCUT2D eigenvalue weighted by Crippen LogP contribution is 2.30. The molecule has 1 aromatic carbocycles. The first-order valence-electron chi connectivity index (χ1n) is 9.73. The fourth-order valence-electron chi connectivity index (χ4n) is 3.66. The summed E-state index contributed by atoms with van der Waals surface area (Å²) in [5.74, 6) is -0.666. The number of nitrogens with zero attached hydrogens (tertiary/aromatic N) is 3. The van der Waals surface area contributed by atoms with Gasteiger partial charge < -0.3 is 16.4 Å². The SMILES string of the molecule is CC(Nc1cc(-c2cnn(C3CCNCC3)c2)cnc1N)c1cc(F)ccc1F. The van der Waals surface area contributed by atoms with E-state index in [9.17, 15) is 8.78 Å². The Hall–Kier alpha value is -3.00. The van der Waals surface area contributed by atoms with Crippen LogP contribution in [-0.2, 0) is 0 Å². The lowest BCUT2D eigenvalue weighted by molar-refractivity contribution is 0.343. The number of anilines is 2. The maximum absolute atomic E-state index is 14.1. The molecule has 1 fully saturated rings. The Morgan fingerprint density at radius 1 is 1.17 bits per heavy atom. The second-order valence-corrected chi connectivity index (χ2v) is 7.38. The minimum atomic E-state index is -0.486. The van der Waals surface area contributed by atoms with Crippen molar-refractivity contribution in [3.8, 4) is 11.1 Å². The van der Waals surface area contributed by atoms with Gasteiger partial charge in [-0.1, -0.05) is 0 Å². The molecule has 2 aromatic heterocycles. The largest absolute Gasteiger partial charge is 0.382 e. The van der Waals surface area contributed by atoms with Crippen LogP contribution >= 0.6 is 0 Å². The first-order valence-corrected chi connectivity index (χ1v) is 9.73. The zero-order valence-corrected chi connectivity index (χ0v) is 16.2. The van der Waals surface area contributed by atoms with Gasteiger partial charge in [0.15, 0.2) is 0 Å². The third-order valence-electron chi connectivity index (χ3n) is 5.33. The summed E-state index contributed by atoms with van der Waals surface area (Å²) >= 11 is 0. The number of nitrogen functional groups attached to an aromatic ring is 1. The van der Waals surface area contributed by atoms with E-state index in [1.54, 1.807) is 13.1 Å². The summed E-state index contributed by atoms with van der Waals surface area (Å²) in [4.78, 5) is 4.26. The Morgan fingerprint density at radius 3 is 2.76 bits per heavy atom. The molecule has 152 valence electrons. The molecule has 4 N–H and O–H groups in total. The molecular formula is C21H24F2N6. The summed E-state index contributed by atoms with van der Waals surface area (Å²) < 4.78 is 29.6. The fourth-order valence-corrected chi connectivity index (χ4v) is 3.66. The van der Waals surface area contributed by atoms with Crippen LogP contribution in [0.2, 0.25) is 0 Å². The highest BCUT2D eigenvalue weighted by molar-refractivity contribution is 5.72. The van der Waals surface area contributed by atoms with Gasteiger partial charge in [-0.05, 0) is 57.1 Å². The number of nitrogens with one attached hydrogen (secondary N) is 2. The molecule has 1 atom stereocenters. The minimum absolute atomic E-state index is 0.230. The monoisotopic (exact) mass is 398 g/mol. The quantitative estimate of drug-likeness (QED) is 0.607. The molecule has 6 nitrogen and oxygen atoms in total. The molecule has 0 spiro atoms. The summed E-state index contributed by atoms with van der Waals surface area (Å²) in [7, 11) is 0. The zero-order valence-electron chi connectivity index (χ0n) is 16.2. The van der Waals surface area contributed by atoms with Crippen LogP contribution in [0, 0.1) is 11.6 Å². The standard InChI is InChI=1S/C21H24F2N6/c1-13(18-9-16(22)2-3-19(18)23)28-20-8-14(10-26-21(20)24)15-11-27-29(12-15)17-4-6-25-7-5-17/h2-3,8-13,17,25,28H,4-7H2,1H3,(H2,24,26). The zero-order chi connectivity index (χ0) is 20.4. The van der Waals surface area contributed by atoms with E-state index in [0.717, 1.165) is 49.2 Å². The maximum Gasteiger partial charge on any atom is 0.146 e. The molecule has 29 heavy (non-hydrogen) atoms. The first-order chi connectivity index (χ1) is 14.0. The lowest BCUT2D eigenvalue weighted by Crippen LogP contribution is -2.29.